The Kier molecular flexibility index (Phi) is 7.59. The molecule has 0 saturated carbocycles. The van der Waals surface area contributed by atoms with Crippen molar-refractivity contribution in [3.8, 4) is 0 Å². The number of carbonyl (C=O) groups is 3. The second-order valence-electron chi connectivity index (χ2n) is 4.94. The maximum atomic E-state index is 12.4. The minimum atomic E-state index is -0.549. The van der Waals surface area contributed by atoms with Crippen LogP contribution >= 0.6 is 0 Å². The van der Waals surface area contributed by atoms with Gasteiger partial charge in [-0.05, 0) is 25.0 Å². The fourth-order valence-electron chi connectivity index (χ4n) is 2.88. The van der Waals surface area contributed by atoms with Crippen molar-refractivity contribution in [1.82, 2.24) is 10.2 Å². The Morgan fingerprint density at radius 3 is 2.36 bits per heavy atom. The van der Waals surface area contributed by atoms with E-state index in [1.165, 1.54) is 0 Å². The first-order valence-corrected chi connectivity index (χ1v) is 6.35. The summed E-state index contributed by atoms with van der Waals surface area (Å²) >= 11 is 0. The van der Waals surface area contributed by atoms with Crippen LogP contribution in [0.5, 0.6) is 0 Å². The average Bonchev–Trinajstić information content (AvgIpc) is 2.64. The van der Waals surface area contributed by atoms with Crippen LogP contribution in [0.3, 0.4) is 0 Å². The average molecular weight is 377 g/mol. The van der Waals surface area contributed by atoms with Crippen LogP contribution in [0.4, 0.5) is 0 Å². The van der Waals surface area contributed by atoms with Gasteiger partial charge in [-0.1, -0.05) is 18.2 Å². The Morgan fingerprint density at radius 1 is 1.14 bits per heavy atom. The van der Waals surface area contributed by atoms with E-state index >= 15 is 0 Å². The summed E-state index contributed by atoms with van der Waals surface area (Å²) in [6.07, 6.45) is 0.679. The number of fused-ring (bicyclic) bond motifs is 1. The van der Waals surface area contributed by atoms with Crippen molar-refractivity contribution in [2.45, 2.75) is 31.8 Å². The van der Waals surface area contributed by atoms with Gasteiger partial charge in [0, 0.05) is 44.7 Å². The monoisotopic (exact) mass is 377 g/mol. The quantitative estimate of drug-likeness (QED) is 0.601. The normalized spacial score (nSPS) is 22.8. The first-order valence-electron chi connectivity index (χ1n) is 6.35. The van der Waals surface area contributed by atoms with E-state index in [1.54, 1.807) is 11.0 Å². The molecule has 1 aromatic rings. The van der Waals surface area contributed by atoms with Crippen LogP contribution in [0.15, 0.2) is 24.3 Å². The third-order valence-electron chi connectivity index (χ3n) is 3.84. The summed E-state index contributed by atoms with van der Waals surface area (Å²) in [7, 11) is 0. The molecule has 2 heterocycles. The number of benzene rings is 1. The van der Waals surface area contributed by atoms with Crippen LogP contribution in [-0.4, -0.2) is 28.7 Å². The van der Waals surface area contributed by atoms with Crippen molar-refractivity contribution in [3.63, 3.8) is 0 Å². The van der Waals surface area contributed by atoms with Gasteiger partial charge in [0.05, 0.1) is 6.04 Å². The number of carbonyl (C=O) groups excluding carboxylic acids is 3. The van der Waals surface area contributed by atoms with Crippen molar-refractivity contribution < 1.29 is 47.1 Å². The molecule has 2 aliphatic rings. The number of hydrogen-bond acceptors (Lipinski definition) is 3. The molecule has 3 rings (SSSR count). The van der Waals surface area contributed by atoms with Crippen molar-refractivity contribution in [2.75, 3.05) is 0 Å². The summed E-state index contributed by atoms with van der Waals surface area (Å²) < 4.78 is 0. The standard InChI is InChI=1S/C14H14N2O3.2CH3.Y/c1-8-9-4-2-3-5-10(9)14(19)16(8)11-6-7-12(17)15-13(11)18;;;/h2-5,8,11H,6-7H2,1H3,(H,15,17,18);2*1H3;/q;2*-1;. The van der Waals surface area contributed by atoms with Gasteiger partial charge in [0.25, 0.3) is 5.91 Å². The van der Waals surface area contributed by atoms with E-state index in [1.807, 2.05) is 25.1 Å². The Morgan fingerprint density at radius 2 is 1.77 bits per heavy atom. The zero-order valence-electron chi connectivity index (χ0n) is 13.1. The Bertz CT molecular complexity index is 589. The van der Waals surface area contributed by atoms with E-state index in [4.69, 9.17) is 0 Å². The summed E-state index contributed by atoms with van der Waals surface area (Å²) in [5.41, 5.74) is 1.59. The van der Waals surface area contributed by atoms with Crippen molar-refractivity contribution in [2.24, 2.45) is 0 Å². The van der Waals surface area contributed by atoms with Crippen LogP contribution in [0.1, 0.15) is 41.7 Å². The van der Waals surface area contributed by atoms with Crippen LogP contribution in [0.2, 0.25) is 0 Å². The molecule has 1 saturated heterocycles. The van der Waals surface area contributed by atoms with E-state index in [0.29, 0.717) is 12.0 Å². The second kappa shape index (κ2) is 7.98. The molecule has 0 bridgehead atoms. The minimum absolute atomic E-state index is 0. The maximum absolute atomic E-state index is 12.4. The molecule has 2 atom stereocenters. The third-order valence-corrected chi connectivity index (χ3v) is 3.84. The van der Waals surface area contributed by atoms with Gasteiger partial charge in [-0.25, -0.2) is 0 Å². The fourth-order valence-corrected chi connectivity index (χ4v) is 2.88. The number of rotatable bonds is 1. The summed E-state index contributed by atoms with van der Waals surface area (Å²) in [4.78, 5) is 37.1. The Hall–Kier alpha value is -1.07. The number of imide groups is 1. The number of nitrogens with zero attached hydrogens (tertiary/aromatic N) is 1. The van der Waals surface area contributed by atoms with E-state index in [9.17, 15) is 14.4 Å². The van der Waals surface area contributed by atoms with Crippen LogP contribution in [0, 0.1) is 14.9 Å². The number of nitrogens with one attached hydrogen (secondary N) is 1. The van der Waals surface area contributed by atoms with Gasteiger partial charge in [0.1, 0.15) is 6.04 Å². The molecule has 1 N–H and O–H groups in total. The van der Waals surface area contributed by atoms with Crippen LogP contribution in [0.25, 0.3) is 0 Å². The SMILES string of the molecule is CC1c2ccccc2C(=O)N1C1CCC(=O)NC1=O.[CH3-].[CH3-].[Y]. The maximum Gasteiger partial charge on any atom is 0.255 e. The van der Waals surface area contributed by atoms with E-state index in [2.05, 4.69) is 5.32 Å². The molecule has 0 aliphatic carbocycles. The summed E-state index contributed by atoms with van der Waals surface area (Å²) in [6, 6.07) is 6.71. The first-order chi connectivity index (χ1) is 9.09. The third kappa shape index (κ3) is 3.30. The molecule has 1 radical (unpaired) electrons. The fraction of sp³-hybridized carbons (Fsp3) is 0.312. The van der Waals surface area contributed by atoms with E-state index in [0.717, 1.165) is 5.56 Å². The molecule has 5 nitrogen and oxygen atoms in total. The van der Waals surface area contributed by atoms with Gasteiger partial charge in [0.2, 0.25) is 11.8 Å². The van der Waals surface area contributed by atoms with E-state index < -0.39 is 6.04 Å². The summed E-state index contributed by atoms with van der Waals surface area (Å²) in [5.74, 6) is -0.764. The Labute approximate surface area is 156 Å². The van der Waals surface area contributed by atoms with Gasteiger partial charge >= 0.3 is 0 Å². The molecule has 117 valence electrons. The largest absolute Gasteiger partial charge is 0.358 e. The van der Waals surface area contributed by atoms with E-state index in [-0.39, 0.29) is 77.7 Å². The van der Waals surface area contributed by atoms with Crippen molar-refractivity contribution in [1.29, 1.82) is 0 Å². The topological polar surface area (TPSA) is 66.5 Å². The van der Waals surface area contributed by atoms with Crippen LogP contribution in [-0.2, 0) is 42.3 Å². The molecule has 0 aromatic heterocycles. The van der Waals surface area contributed by atoms with Gasteiger partial charge in [-0.2, -0.15) is 0 Å². The molecule has 3 amide bonds. The van der Waals surface area contributed by atoms with Crippen molar-refractivity contribution in [3.05, 3.63) is 50.2 Å². The van der Waals surface area contributed by atoms with Gasteiger partial charge in [0.15, 0.2) is 0 Å². The van der Waals surface area contributed by atoms with Gasteiger partial charge < -0.3 is 19.8 Å². The van der Waals surface area contributed by atoms with Crippen LogP contribution < -0.4 is 5.32 Å². The zero-order valence-corrected chi connectivity index (χ0v) is 16.0. The van der Waals surface area contributed by atoms with Gasteiger partial charge in [-0.15, -0.1) is 0 Å². The number of hydrogen-bond donors (Lipinski definition) is 1. The second-order valence-corrected chi connectivity index (χ2v) is 4.94. The molecular formula is C16H20N2O3Y-2. The molecular weight excluding hydrogens is 357 g/mol. The van der Waals surface area contributed by atoms with Gasteiger partial charge in [-0.3, -0.25) is 19.7 Å². The molecule has 2 aliphatic heterocycles. The first kappa shape index (κ1) is 20.9. The predicted molar refractivity (Wildman–Crippen MR) is 80.0 cm³/mol. The summed E-state index contributed by atoms with van der Waals surface area (Å²) in [5, 5.41) is 2.30. The molecule has 1 fully saturated rings. The number of piperidine rings is 1. The molecule has 22 heavy (non-hydrogen) atoms. The molecule has 1 aromatic carbocycles. The molecule has 6 heteroatoms. The molecule has 0 spiro atoms. The molecule has 2 unspecified atom stereocenters. The minimum Gasteiger partial charge on any atom is -0.358 e. The summed E-state index contributed by atoms with van der Waals surface area (Å²) in [6.45, 7) is 1.91. The smallest absolute Gasteiger partial charge is 0.255 e. The Balaban J connectivity index is 0.00000147. The predicted octanol–water partition coefficient (Wildman–Crippen LogP) is 1.91. The number of amides is 3. The zero-order chi connectivity index (χ0) is 13.6. The van der Waals surface area contributed by atoms with Crippen molar-refractivity contribution >= 4 is 17.7 Å².